The molecule has 0 aliphatic heterocycles. The zero-order valence-electron chi connectivity index (χ0n) is 14.6. The summed E-state index contributed by atoms with van der Waals surface area (Å²) >= 11 is 6.71. The number of rotatable bonds is 8. The van der Waals surface area contributed by atoms with Crippen molar-refractivity contribution in [1.82, 2.24) is 10.9 Å². The van der Waals surface area contributed by atoms with Crippen molar-refractivity contribution in [3.8, 4) is 5.75 Å². The molecule has 6 nitrogen and oxygen atoms in total. The van der Waals surface area contributed by atoms with Crippen LogP contribution in [-0.2, 0) is 9.59 Å². The molecule has 0 bridgehead atoms. The van der Waals surface area contributed by atoms with Crippen molar-refractivity contribution < 1.29 is 14.3 Å². The van der Waals surface area contributed by atoms with Crippen molar-refractivity contribution in [2.75, 3.05) is 11.9 Å². The van der Waals surface area contributed by atoms with E-state index >= 15 is 0 Å². The number of carbonyl (C=O) groups excluding carboxylic acids is 2. The van der Waals surface area contributed by atoms with E-state index < -0.39 is 5.91 Å². The van der Waals surface area contributed by atoms with Gasteiger partial charge < -0.3 is 15.5 Å². The number of benzene rings is 2. The normalized spacial score (nSPS) is 10.0. The summed E-state index contributed by atoms with van der Waals surface area (Å²) in [6.07, 6.45) is 0.0146. The Morgan fingerprint density at radius 3 is 2.41 bits per heavy atom. The molecule has 2 aromatic carbocycles. The minimum atomic E-state index is -0.392. The third kappa shape index (κ3) is 7.44. The van der Waals surface area contributed by atoms with Crippen LogP contribution in [0.1, 0.15) is 12.0 Å². The van der Waals surface area contributed by atoms with Crippen LogP contribution in [0.15, 0.2) is 63.7 Å². The van der Waals surface area contributed by atoms with Crippen molar-refractivity contribution in [2.45, 2.75) is 13.3 Å². The molecule has 0 aromatic heterocycles. The summed E-state index contributed by atoms with van der Waals surface area (Å²) in [4.78, 5) is 23.8. The lowest BCUT2D eigenvalue weighted by Gasteiger charge is -2.12. The molecule has 27 heavy (non-hydrogen) atoms. The fraction of sp³-hybridized carbons (Fsp3) is 0.158. The van der Waals surface area contributed by atoms with Gasteiger partial charge in [-0.2, -0.15) is 0 Å². The Morgan fingerprint density at radius 1 is 1.04 bits per heavy atom. The topological polar surface area (TPSA) is 79.5 Å². The van der Waals surface area contributed by atoms with Crippen molar-refractivity contribution in [2.24, 2.45) is 0 Å². The van der Waals surface area contributed by atoms with Crippen LogP contribution in [0, 0.1) is 6.92 Å². The van der Waals surface area contributed by atoms with Gasteiger partial charge in [0.05, 0.1) is 10.9 Å². The van der Waals surface area contributed by atoms with Gasteiger partial charge in [-0.15, -0.1) is 0 Å². The van der Waals surface area contributed by atoms with E-state index in [-0.39, 0.29) is 18.9 Å². The average Bonchev–Trinajstić information content (AvgIpc) is 2.61. The molecule has 0 heterocycles. The van der Waals surface area contributed by atoms with Crippen molar-refractivity contribution in [3.63, 3.8) is 0 Å². The highest BCUT2D eigenvalue weighted by molar-refractivity contribution is 9.10. The fourth-order valence-corrected chi connectivity index (χ4v) is 2.91. The first-order valence-electron chi connectivity index (χ1n) is 8.00. The molecule has 142 valence electrons. The number of halogens is 2. The summed E-state index contributed by atoms with van der Waals surface area (Å²) in [5, 5.41) is 2.74. The van der Waals surface area contributed by atoms with E-state index in [0.29, 0.717) is 17.1 Å². The van der Waals surface area contributed by atoms with Crippen LogP contribution >= 0.6 is 31.9 Å². The zero-order valence-corrected chi connectivity index (χ0v) is 17.8. The molecule has 0 saturated carbocycles. The highest BCUT2D eigenvalue weighted by Crippen LogP contribution is 2.25. The van der Waals surface area contributed by atoms with Crippen LogP contribution in [0.5, 0.6) is 5.75 Å². The molecule has 0 aliphatic rings. The number of hydrogen-bond donors (Lipinski definition) is 3. The number of amides is 2. The maximum atomic E-state index is 12.0. The average molecular weight is 497 g/mol. The van der Waals surface area contributed by atoms with Gasteiger partial charge in [0.1, 0.15) is 5.75 Å². The standard InChI is InChI=1S/C19H19Br2N3O3/c1-12-3-8-17(16(21)9-12)27-11-19(26)24-23-13(2)10-18(25)22-15-6-4-14(20)5-7-15/h3-9,23H,2,10-11H2,1H3,(H,22,25)(H,24,26). The van der Waals surface area contributed by atoms with Crippen molar-refractivity contribution in [1.29, 1.82) is 0 Å². The third-order valence-electron chi connectivity index (χ3n) is 3.33. The molecule has 0 atom stereocenters. The molecule has 0 unspecified atom stereocenters. The number of ether oxygens (including phenoxy) is 1. The quantitative estimate of drug-likeness (QED) is 0.481. The predicted molar refractivity (Wildman–Crippen MR) is 112 cm³/mol. The van der Waals surface area contributed by atoms with Gasteiger partial charge in [0.15, 0.2) is 6.61 Å². The lowest BCUT2D eigenvalue weighted by Crippen LogP contribution is -2.40. The fourth-order valence-electron chi connectivity index (χ4n) is 2.04. The predicted octanol–water partition coefficient (Wildman–Crippen LogP) is 4.06. The molecule has 2 aromatic rings. The van der Waals surface area contributed by atoms with E-state index in [1.807, 2.05) is 31.2 Å². The Hall–Kier alpha value is -2.32. The van der Waals surface area contributed by atoms with E-state index in [4.69, 9.17) is 4.74 Å². The first-order valence-corrected chi connectivity index (χ1v) is 9.59. The lowest BCUT2D eigenvalue weighted by atomic mass is 10.2. The number of hydrazine groups is 1. The van der Waals surface area contributed by atoms with Crippen LogP contribution in [0.4, 0.5) is 5.69 Å². The van der Waals surface area contributed by atoms with Gasteiger partial charge in [-0.05, 0) is 64.8 Å². The lowest BCUT2D eigenvalue weighted by molar-refractivity contribution is -0.124. The first kappa shape index (κ1) is 21.0. The molecule has 0 fully saturated rings. The van der Waals surface area contributed by atoms with Crippen LogP contribution in [0.3, 0.4) is 0 Å². The SMILES string of the molecule is C=C(CC(=O)Nc1ccc(Br)cc1)NNC(=O)COc1ccc(C)cc1Br. The van der Waals surface area contributed by atoms with Crippen LogP contribution in [0.25, 0.3) is 0 Å². The van der Waals surface area contributed by atoms with E-state index in [2.05, 4.69) is 54.6 Å². The first-order chi connectivity index (χ1) is 12.8. The van der Waals surface area contributed by atoms with Crippen molar-refractivity contribution >= 4 is 49.4 Å². The van der Waals surface area contributed by atoms with E-state index in [1.54, 1.807) is 18.2 Å². The Balaban J connectivity index is 1.70. The van der Waals surface area contributed by atoms with Crippen molar-refractivity contribution in [3.05, 3.63) is 69.2 Å². The maximum absolute atomic E-state index is 12.0. The monoisotopic (exact) mass is 495 g/mol. The number of anilines is 1. The summed E-state index contributed by atoms with van der Waals surface area (Å²) in [7, 11) is 0. The van der Waals surface area contributed by atoms with Gasteiger partial charge in [-0.1, -0.05) is 28.6 Å². The smallest absolute Gasteiger partial charge is 0.276 e. The summed E-state index contributed by atoms with van der Waals surface area (Å²) in [6, 6.07) is 12.8. The third-order valence-corrected chi connectivity index (χ3v) is 4.48. The van der Waals surface area contributed by atoms with Gasteiger partial charge in [-0.3, -0.25) is 15.0 Å². The highest BCUT2D eigenvalue weighted by Gasteiger charge is 2.08. The largest absolute Gasteiger partial charge is 0.483 e. The van der Waals surface area contributed by atoms with Gasteiger partial charge in [0.25, 0.3) is 5.91 Å². The number of carbonyl (C=O) groups is 2. The molecule has 2 rings (SSSR count). The second-order valence-electron chi connectivity index (χ2n) is 5.73. The van der Waals surface area contributed by atoms with Crippen LogP contribution in [-0.4, -0.2) is 18.4 Å². The minimum Gasteiger partial charge on any atom is -0.483 e. The number of hydrogen-bond acceptors (Lipinski definition) is 4. The van der Waals surface area contributed by atoms with E-state index in [9.17, 15) is 9.59 Å². The van der Waals surface area contributed by atoms with E-state index in [0.717, 1.165) is 14.5 Å². The molecule has 0 aliphatic carbocycles. The Bertz CT molecular complexity index is 839. The molecular formula is C19H19Br2N3O3. The van der Waals surface area contributed by atoms with Gasteiger partial charge in [0, 0.05) is 15.9 Å². The second kappa shape index (κ2) is 10.1. The zero-order chi connectivity index (χ0) is 19.8. The van der Waals surface area contributed by atoms with E-state index in [1.165, 1.54) is 0 Å². The molecular weight excluding hydrogens is 478 g/mol. The number of aryl methyl sites for hydroxylation is 1. The molecule has 0 radical (unpaired) electrons. The molecule has 0 saturated heterocycles. The highest BCUT2D eigenvalue weighted by atomic mass is 79.9. The molecule has 0 spiro atoms. The summed E-state index contributed by atoms with van der Waals surface area (Å²) < 4.78 is 7.14. The Labute approximate surface area is 174 Å². The van der Waals surface area contributed by atoms with Crippen LogP contribution in [0.2, 0.25) is 0 Å². The van der Waals surface area contributed by atoms with Gasteiger partial charge in [0.2, 0.25) is 5.91 Å². The van der Waals surface area contributed by atoms with Crippen LogP contribution < -0.4 is 20.9 Å². The number of nitrogens with one attached hydrogen (secondary N) is 3. The van der Waals surface area contributed by atoms with Gasteiger partial charge in [-0.25, -0.2) is 0 Å². The molecule has 2 amide bonds. The second-order valence-corrected chi connectivity index (χ2v) is 7.50. The Morgan fingerprint density at radius 2 is 1.74 bits per heavy atom. The summed E-state index contributed by atoms with van der Waals surface area (Å²) in [6.45, 7) is 5.51. The van der Waals surface area contributed by atoms with Gasteiger partial charge >= 0.3 is 0 Å². The molecule has 3 N–H and O–H groups in total. The minimum absolute atomic E-state index is 0.0146. The summed E-state index contributed by atoms with van der Waals surface area (Å²) in [5.74, 6) is -0.0655. The summed E-state index contributed by atoms with van der Waals surface area (Å²) in [5.41, 5.74) is 7.17. The Kier molecular flexibility index (Phi) is 7.87. The maximum Gasteiger partial charge on any atom is 0.276 e. The molecule has 8 heteroatoms.